The second kappa shape index (κ2) is 7.90. The zero-order valence-corrected chi connectivity index (χ0v) is 13.9. The fourth-order valence-electron chi connectivity index (χ4n) is 2.06. The highest BCUT2D eigenvalue weighted by Gasteiger charge is 2.15. The third-order valence-electron chi connectivity index (χ3n) is 3.24. The molecule has 2 rings (SSSR count). The first-order valence-corrected chi connectivity index (χ1v) is 8.17. The summed E-state index contributed by atoms with van der Waals surface area (Å²) in [6.45, 7) is 2.15. The van der Waals surface area contributed by atoms with Crippen LogP contribution in [0.25, 0.3) is 0 Å². The molecule has 0 radical (unpaired) electrons. The van der Waals surface area contributed by atoms with Crippen molar-refractivity contribution >= 4 is 17.5 Å². The van der Waals surface area contributed by atoms with Crippen LogP contribution < -0.4 is 9.47 Å². The van der Waals surface area contributed by atoms with Gasteiger partial charge < -0.3 is 9.47 Å². The predicted molar refractivity (Wildman–Crippen MR) is 90.4 cm³/mol. The van der Waals surface area contributed by atoms with E-state index >= 15 is 0 Å². The van der Waals surface area contributed by atoms with Gasteiger partial charge in [-0.2, -0.15) is 0 Å². The molecule has 0 aliphatic heterocycles. The Bertz CT molecular complexity index is 635. The maximum atomic E-state index is 12.6. The molecule has 3 nitrogen and oxygen atoms in total. The van der Waals surface area contributed by atoms with Crippen LogP contribution in [0.4, 0.5) is 0 Å². The number of hydrogen-bond acceptors (Lipinski definition) is 4. The summed E-state index contributed by atoms with van der Waals surface area (Å²) >= 11 is 1.80. The highest BCUT2D eigenvalue weighted by molar-refractivity contribution is 7.99. The van der Waals surface area contributed by atoms with Crippen molar-refractivity contribution in [1.82, 2.24) is 0 Å². The Morgan fingerprint density at radius 2 is 1.77 bits per heavy atom. The Morgan fingerprint density at radius 3 is 2.36 bits per heavy atom. The number of rotatable bonds is 7. The van der Waals surface area contributed by atoms with Gasteiger partial charge in [-0.1, -0.05) is 6.92 Å². The van der Waals surface area contributed by atoms with Crippen LogP contribution in [0.3, 0.4) is 0 Å². The van der Waals surface area contributed by atoms with Crippen LogP contribution >= 0.6 is 11.8 Å². The average molecular weight is 316 g/mol. The molecule has 0 heterocycles. The van der Waals surface area contributed by atoms with E-state index in [1.54, 1.807) is 44.2 Å². The number of hydrogen-bond donors (Lipinski definition) is 0. The molecule has 0 fully saturated rings. The fourth-order valence-corrected chi connectivity index (χ4v) is 2.83. The van der Waals surface area contributed by atoms with Crippen molar-refractivity contribution in [2.24, 2.45) is 0 Å². The molecule has 0 amide bonds. The number of carbonyl (C=O) groups is 1. The summed E-state index contributed by atoms with van der Waals surface area (Å²) in [5.74, 6) is 2.22. The van der Waals surface area contributed by atoms with E-state index in [1.165, 1.54) is 4.90 Å². The third-order valence-corrected chi connectivity index (χ3v) is 4.46. The lowest BCUT2D eigenvalue weighted by Gasteiger charge is -2.10. The van der Waals surface area contributed by atoms with E-state index in [0.29, 0.717) is 22.6 Å². The summed E-state index contributed by atoms with van der Waals surface area (Å²) in [7, 11) is 3.14. The normalized spacial score (nSPS) is 10.3. The summed E-state index contributed by atoms with van der Waals surface area (Å²) < 4.78 is 10.5. The largest absolute Gasteiger partial charge is 0.497 e. The van der Waals surface area contributed by atoms with Gasteiger partial charge in [0.1, 0.15) is 11.5 Å². The van der Waals surface area contributed by atoms with Gasteiger partial charge in [-0.05, 0) is 48.6 Å². The fraction of sp³-hybridized carbons (Fsp3) is 0.278. The summed E-state index contributed by atoms with van der Waals surface area (Å²) in [6, 6.07) is 12.9. The van der Waals surface area contributed by atoms with Crippen LogP contribution in [0, 0.1) is 0 Å². The van der Waals surface area contributed by atoms with Crippen molar-refractivity contribution < 1.29 is 14.3 Å². The average Bonchev–Trinajstić information content (AvgIpc) is 2.59. The van der Waals surface area contributed by atoms with Gasteiger partial charge in [-0.15, -0.1) is 11.8 Å². The minimum atomic E-state index is -0.0495. The highest BCUT2D eigenvalue weighted by Crippen LogP contribution is 2.27. The minimum Gasteiger partial charge on any atom is -0.497 e. The number of thioether (sulfide) groups is 1. The first kappa shape index (κ1) is 16.4. The lowest BCUT2D eigenvalue weighted by molar-refractivity contribution is 0.103. The van der Waals surface area contributed by atoms with E-state index in [-0.39, 0.29) is 5.78 Å². The molecular weight excluding hydrogens is 296 g/mol. The molecule has 2 aromatic carbocycles. The standard InChI is InChI=1S/C18H20O3S/c1-4-11-22-15-8-5-13(6-9-15)18(19)16-10-7-14(20-2)12-17(16)21-3/h5-10,12H,4,11H2,1-3H3. The van der Waals surface area contributed by atoms with Crippen LogP contribution in [0.2, 0.25) is 0 Å². The molecule has 0 atom stereocenters. The van der Waals surface area contributed by atoms with Crippen LogP contribution in [0.1, 0.15) is 29.3 Å². The predicted octanol–water partition coefficient (Wildman–Crippen LogP) is 4.44. The first-order chi connectivity index (χ1) is 10.7. The number of methoxy groups -OCH3 is 2. The van der Waals surface area contributed by atoms with Crippen LogP contribution in [0.5, 0.6) is 11.5 Å². The van der Waals surface area contributed by atoms with Gasteiger partial charge in [0.25, 0.3) is 0 Å². The number of carbonyl (C=O) groups excluding carboxylic acids is 1. The number of ether oxygens (including phenoxy) is 2. The van der Waals surface area contributed by atoms with Crippen molar-refractivity contribution in [2.45, 2.75) is 18.2 Å². The highest BCUT2D eigenvalue weighted by atomic mass is 32.2. The summed E-state index contributed by atoms with van der Waals surface area (Å²) in [5.41, 5.74) is 1.20. The molecule has 116 valence electrons. The Hall–Kier alpha value is -1.94. The van der Waals surface area contributed by atoms with Gasteiger partial charge in [-0.25, -0.2) is 0 Å². The number of benzene rings is 2. The zero-order chi connectivity index (χ0) is 15.9. The topological polar surface area (TPSA) is 35.5 Å². The molecule has 0 aliphatic rings. The van der Waals surface area contributed by atoms with Gasteiger partial charge in [-0.3, -0.25) is 4.79 Å². The van der Waals surface area contributed by atoms with Crippen LogP contribution in [0.15, 0.2) is 47.4 Å². The lowest BCUT2D eigenvalue weighted by atomic mass is 10.0. The zero-order valence-electron chi connectivity index (χ0n) is 13.1. The van der Waals surface area contributed by atoms with E-state index in [0.717, 1.165) is 12.2 Å². The van der Waals surface area contributed by atoms with Crippen molar-refractivity contribution in [3.05, 3.63) is 53.6 Å². The van der Waals surface area contributed by atoms with E-state index in [4.69, 9.17) is 9.47 Å². The van der Waals surface area contributed by atoms with Crippen molar-refractivity contribution in [3.8, 4) is 11.5 Å². The Kier molecular flexibility index (Phi) is 5.90. The molecule has 4 heteroatoms. The molecule has 0 aliphatic carbocycles. The molecule has 0 saturated heterocycles. The second-order valence-electron chi connectivity index (χ2n) is 4.77. The smallest absolute Gasteiger partial charge is 0.196 e. The maximum Gasteiger partial charge on any atom is 0.196 e. The Balaban J connectivity index is 2.24. The quantitative estimate of drug-likeness (QED) is 0.559. The molecule has 0 saturated carbocycles. The number of ketones is 1. The minimum absolute atomic E-state index is 0.0495. The van der Waals surface area contributed by atoms with E-state index in [2.05, 4.69) is 6.92 Å². The van der Waals surface area contributed by atoms with E-state index in [9.17, 15) is 4.79 Å². The second-order valence-corrected chi connectivity index (χ2v) is 5.94. The van der Waals surface area contributed by atoms with Gasteiger partial charge in [0.2, 0.25) is 0 Å². The third kappa shape index (κ3) is 3.83. The molecule has 0 spiro atoms. The van der Waals surface area contributed by atoms with E-state index < -0.39 is 0 Å². The first-order valence-electron chi connectivity index (χ1n) is 7.19. The molecular formula is C18H20O3S. The lowest BCUT2D eigenvalue weighted by Crippen LogP contribution is -2.04. The monoisotopic (exact) mass is 316 g/mol. The molecule has 0 N–H and O–H groups in total. The van der Waals surface area contributed by atoms with Crippen molar-refractivity contribution in [1.29, 1.82) is 0 Å². The molecule has 0 bridgehead atoms. The van der Waals surface area contributed by atoms with Gasteiger partial charge in [0, 0.05) is 16.5 Å². The van der Waals surface area contributed by atoms with Crippen molar-refractivity contribution in [2.75, 3.05) is 20.0 Å². The summed E-state index contributed by atoms with van der Waals surface area (Å²) in [6.07, 6.45) is 1.13. The summed E-state index contributed by atoms with van der Waals surface area (Å²) in [4.78, 5) is 13.8. The van der Waals surface area contributed by atoms with Gasteiger partial charge >= 0.3 is 0 Å². The molecule has 2 aromatic rings. The molecule has 0 aromatic heterocycles. The van der Waals surface area contributed by atoms with Gasteiger partial charge in [0.15, 0.2) is 5.78 Å². The van der Waals surface area contributed by atoms with Gasteiger partial charge in [0.05, 0.1) is 19.8 Å². The molecule has 0 unspecified atom stereocenters. The Labute approximate surface area is 135 Å². The van der Waals surface area contributed by atoms with Crippen molar-refractivity contribution in [3.63, 3.8) is 0 Å². The summed E-state index contributed by atoms with van der Waals surface area (Å²) in [5, 5.41) is 0. The van der Waals surface area contributed by atoms with Crippen LogP contribution in [-0.4, -0.2) is 25.8 Å². The SMILES string of the molecule is CCCSc1ccc(C(=O)c2ccc(OC)cc2OC)cc1. The maximum absolute atomic E-state index is 12.6. The molecule has 22 heavy (non-hydrogen) atoms. The van der Waals surface area contributed by atoms with Crippen LogP contribution in [-0.2, 0) is 0 Å². The Morgan fingerprint density at radius 1 is 1.05 bits per heavy atom. The van der Waals surface area contributed by atoms with E-state index in [1.807, 2.05) is 24.3 Å².